The lowest BCUT2D eigenvalue weighted by molar-refractivity contribution is -0.111. The standard InChI is InChI=1S/C14H15N3O3S/c1-8-10(9(2)17(3)16-8)4-5-12(18)15-13-11(14(19)20)6-7-21-13/h4-7H,1-3H3,(H,15,18)(H,19,20)/b5-4+. The van der Waals surface area contributed by atoms with E-state index in [-0.39, 0.29) is 11.5 Å². The van der Waals surface area contributed by atoms with Gasteiger partial charge in [0.25, 0.3) is 0 Å². The fourth-order valence-corrected chi connectivity index (χ4v) is 2.70. The Hall–Kier alpha value is -2.41. The zero-order chi connectivity index (χ0) is 15.6. The maximum absolute atomic E-state index is 11.9. The molecule has 6 nitrogen and oxygen atoms in total. The van der Waals surface area contributed by atoms with Gasteiger partial charge in [0, 0.05) is 24.4 Å². The molecule has 0 spiro atoms. The molecule has 2 rings (SSSR count). The van der Waals surface area contributed by atoms with Crippen LogP contribution in [0.2, 0.25) is 0 Å². The van der Waals surface area contributed by atoms with Gasteiger partial charge in [0.2, 0.25) is 5.91 Å². The maximum Gasteiger partial charge on any atom is 0.338 e. The van der Waals surface area contributed by atoms with Crippen LogP contribution >= 0.6 is 11.3 Å². The number of hydrogen-bond donors (Lipinski definition) is 2. The third-order valence-corrected chi connectivity index (χ3v) is 3.93. The average molecular weight is 305 g/mol. The Morgan fingerprint density at radius 3 is 2.71 bits per heavy atom. The summed E-state index contributed by atoms with van der Waals surface area (Å²) in [6, 6.07) is 1.46. The van der Waals surface area contributed by atoms with Crippen molar-refractivity contribution in [1.29, 1.82) is 0 Å². The van der Waals surface area contributed by atoms with E-state index < -0.39 is 5.97 Å². The molecule has 0 atom stereocenters. The minimum absolute atomic E-state index is 0.0930. The zero-order valence-corrected chi connectivity index (χ0v) is 12.7. The number of carbonyl (C=O) groups is 2. The van der Waals surface area contributed by atoms with Gasteiger partial charge >= 0.3 is 5.97 Å². The molecular formula is C14H15N3O3S. The molecule has 0 aliphatic heterocycles. The topological polar surface area (TPSA) is 84.2 Å². The highest BCUT2D eigenvalue weighted by Gasteiger charge is 2.13. The lowest BCUT2D eigenvalue weighted by atomic mass is 10.2. The molecule has 0 radical (unpaired) electrons. The fourth-order valence-electron chi connectivity index (χ4n) is 1.92. The van der Waals surface area contributed by atoms with Gasteiger partial charge in [-0.3, -0.25) is 9.48 Å². The van der Waals surface area contributed by atoms with E-state index in [1.54, 1.807) is 16.1 Å². The van der Waals surface area contributed by atoms with E-state index in [1.807, 2.05) is 20.9 Å². The Balaban J connectivity index is 2.13. The minimum atomic E-state index is -1.06. The Kier molecular flexibility index (Phi) is 4.23. The van der Waals surface area contributed by atoms with Crippen molar-refractivity contribution in [3.05, 3.63) is 40.0 Å². The van der Waals surface area contributed by atoms with E-state index >= 15 is 0 Å². The van der Waals surface area contributed by atoms with Gasteiger partial charge in [-0.05, 0) is 31.4 Å². The van der Waals surface area contributed by atoms with Crippen LogP contribution < -0.4 is 5.32 Å². The van der Waals surface area contributed by atoms with Gasteiger partial charge in [0.15, 0.2) is 0 Å². The maximum atomic E-state index is 11.9. The quantitative estimate of drug-likeness (QED) is 0.850. The van der Waals surface area contributed by atoms with Crippen molar-refractivity contribution in [3.63, 3.8) is 0 Å². The van der Waals surface area contributed by atoms with Crippen LogP contribution in [0.4, 0.5) is 5.00 Å². The summed E-state index contributed by atoms with van der Waals surface area (Å²) in [5.74, 6) is -1.43. The lowest BCUT2D eigenvalue weighted by Crippen LogP contribution is -2.09. The molecule has 0 bridgehead atoms. The number of carboxylic acid groups (broad SMARTS) is 1. The van der Waals surface area contributed by atoms with E-state index in [2.05, 4.69) is 10.4 Å². The number of aromatic nitrogens is 2. The molecule has 7 heteroatoms. The zero-order valence-electron chi connectivity index (χ0n) is 11.9. The summed E-state index contributed by atoms with van der Waals surface area (Å²) in [6.45, 7) is 3.78. The molecule has 2 N–H and O–H groups in total. The van der Waals surface area contributed by atoms with E-state index in [4.69, 9.17) is 5.11 Å². The first kappa shape index (κ1) is 15.0. The van der Waals surface area contributed by atoms with Crippen molar-refractivity contribution in [3.8, 4) is 0 Å². The summed E-state index contributed by atoms with van der Waals surface area (Å²) in [4.78, 5) is 22.8. The summed E-state index contributed by atoms with van der Waals surface area (Å²) in [7, 11) is 1.84. The number of nitrogens with one attached hydrogen (secondary N) is 1. The van der Waals surface area contributed by atoms with Crippen LogP contribution in [0, 0.1) is 13.8 Å². The summed E-state index contributed by atoms with van der Waals surface area (Å²) < 4.78 is 1.74. The Bertz CT molecular complexity index is 728. The summed E-state index contributed by atoms with van der Waals surface area (Å²) in [6.07, 6.45) is 3.06. The van der Waals surface area contributed by atoms with Gasteiger partial charge in [-0.1, -0.05) is 0 Å². The second-order valence-corrected chi connectivity index (χ2v) is 5.42. The highest BCUT2D eigenvalue weighted by Crippen LogP contribution is 2.23. The Morgan fingerprint density at radius 2 is 2.14 bits per heavy atom. The lowest BCUT2D eigenvalue weighted by Gasteiger charge is -2.00. The van der Waals surface area contributed by atoms with E-state index in [0.29, 0.717) is 5.00 Å². The molecule has 1 amide bonds. The van der Waals surface area contributed by atoms with Gasteiger partial charge < -0.3 is 10.4 Å². The van der Waals surface area contributed by atoms with Crippen molar-refractivity contribution in [1.82, 2.24) is 9.78 Å². The van der Waals surface area contributed by atoms with Crippen molar-refractivity contribution in [2.75, 3.05) is 5.32 Å². The second kappa shape index (κ2) is 5.92. The molecular weight excluding hydrogens is 290 g/mol. The number of nitrogens with zero attached hydrogens (tertiary/aromatic N) is 2. The number of carboxylic acids is 1. The SMILES string of the molecule is Cc1nn(C)c(C)c1/C=C/C(=O)Nc1sccc1C(=O)O. The Labute approximate surface area is 125 Å². The normalized spacial score (nSPS) is 11.0. The molecule has 0 saturated carbocycles. The third-order valence-electron chi connectivity index (χ3n) is 3.10. The molecule has 0 aliphatic carbocycles. The number of amides is 1. The van der Waals surface area contributed by atoms with Crippen LogP contribution in [0.3, 0.4) is 0 Å². The summed E-state index contributed by atoms with van der Waals surface area (Å²) >= 11 is 1.18. The number of thiophene rings is 1. The van der Waals surface area contributed by atoms with Crippen molar-refractivity contribution >= 4 is 34.3 Å². The predicted molar refractivity (Wildman–Crippen MR) is 81.6 cm³/mol. The molecule has 2 aromatic rings. The largest absolute Gasteiger partial charge is 0.478 e. The number of aromatic carboxylic acids is 1. The highest BCUT2D eigenvalue weighted by molar-refractivity contribution is 7.14. The highest BCUT2D eigenvalue weighted by atomic mass is 32.1. The molecule has 2 aromatic heterocycles. The average Bonchev–Trinajstić information content (AvgIpc) is 2.94. The molecule has 0 aromatic carbocycles. The van der Waals surface area contributed by atoms with Crippen LogP contribution in [-0.4, -0.2) is 26.8 Å². The molecule has 2 heterocycles. The van der Waals surface area contributed by atoms with Crippen LogP contribution in [0.5, 0.6) is 0 Å². The van der Waals surface area contributed by atoms with E-state index in [0.717, 1.165) is 17.0 Å². The monoisotopic (exact) mass is 305 g/mol. The number of aryl methyl sites for hydroxylation is 2. The van der Waals surface area contributed by atoms with E-state index in [1.165, 1.54) is 23.5 Å². The van der Waals surface area contributed by atoms with Crippen LogP contribution in [0.25, 0.3) is 6.08 Å². The summed E-state index contributed by atoms with van der Waals surface area (Å²) in [5.41, 5.74) is 2.77. The minimum Gasteiger partial charge on any atom is -0.478 e. The van der Waals surface area contributed by atoms with Gasteiger partial charge in [-0.2, -0.15) is 5.10 Å². The van der Waals surface area contributed by atoms with Gasteiger partial charge in [-0.25, -0.2) is 4.79 Å². The second-order valence-electron chi connectivity index (χ2n) is 4.50. The molecule has 0 saturated heterocycles. The van der Waals surface area contributed by atoms with Gasteiger partial charge in [0.1, 0.15) is 5.00 Å². The number of anilines is 1. The van der Waals surface area contributed by atoms with Crippen molar-refractivity contribution < 1.29 is 14.7 Å². The van der Waals surface area contributed by atoms with Crippen LogP contribution in [-0.2, 0) is 11.8 Å². The van der Waals surface area contributed by atoms with Gasteiger partial charge in [-0.15, -0.1) is 11.3 Å². The number of rotatable bonds is 4. The van der Waals surface area contributed by atoms with Crippen LogP contribution in [0.15, 0.2) is 17.5 Å². The van der Waals surface area contributed by atoms with Crippen molar-refractivity contribution in [2.45, 2.75) is 13.8 Å². The first-order valence-electron chi connectivity index (χ1n) is 6.20. The first-order valence-corrected chi connectivity index (χ1v) is 7.08. The molecule has 0 fully saturated rings. The Morgan fingerprint density at radius 1 is 1.43 bits per heavy atom. The van der Waals surface area contributed by atoms with E-state index in [9.17, 15) is 9.59 Å². The molecule has 21 heavy (non-hydrogen) atoms. The molecule has 0 unspecified atom stereocenters. The van der Waals surface area contributed by atoms with Crippen molar-refractivity contribution in [2.24, 2.45) is 7.05 Å². The molecule has 0 aliphatic rings. The predicted octanol–water partition coefficient (Wildman–Crippen LogP) is 2.45. The first-order chi connectivity index (χ1) is 9.90. The smallest absolute Gasteiger partial charge is 0.338 e. The number of hydrogen-bond acceptors (Lipinski definition) is 4. The van der Waals surface area contributed by atoms with Crippen LogP contribution in [0.1, 0.15) is 27.3 Å². The van der Waals surface area contributed by atoms with Gasteiger partial charge in [0.05, 0.1) is 11.3 Å². The summed E-state index contributed by atoms with van der Waals surface area (Å²) in [5, 5.41) is 17.8. The third kappa shape index (κ3) is 3.19. The number of carbonyl (C=O) groups excluding carboxylic acids is 1. The molecule has 110 valence electrons. The fraction of sp³-hybridized carbons (Fsp3) is 0.214.